The number of carbonyl (C=O) groups is 17. The highest BCUT2D eigenvalue weighted by molar-refractivity contribution is 6.00. The van der Waals surface area contributed by atoms with Gasteiger partial charge in [-0.1, -0.05) is 13.8 Å². The Morgan fingerprint density at radius 1 is 0.328 bits per heavy atom. The van der Waals surface area contributed by atoms with Crippen LogP contribution in [0, 0.1) is 27.6 Å². The van der Waals surface area contributed by atoms with Crippen molar-refractivity contribution in [2.75, 3.05) is 72.0 Å². The molecule has 0 radical (unpaired) electrons. The molecule has 0 bridgehead atoms. The van der Waals surface area contributed by atoms with Crippen LogP contribution in [0.2, 0.25) is 0 Å². The molecule has 0 spiro atoms. The molecule has 1 aliphatic rings. The maximum atomic E-state index is 15.1. The van der Waals surface area contributed by atoms with Gasteiger partial charge < -0.3 is 168 Å². The largest absolute Gasteiger partial charge is 0.480 e. The quantitative estimate of drug-likeness (QED) is 0.0153. The Morgan fingerprint density at radius 3 is 0.815 bits per heavy atom. The Bertz CT molecular complexity index is 3430. The van der Waals surface area contributed by atoms with Crippen LogP contribution in [0.1, 0.15) is 149 Å². The van der Waals surface area contributed by atoms with Crippen LogP contribution in [0.15, 0.2) is 0 Å². The van der Waals surface area contributed by atoms with Crippen molar-refractivity contribution in [2.24, 2.45) is 63.3 Å². The van der Waals surface area contributed by atoms with E-state index in [4.69, 9.17) is 79.0 Å². The standard InChI is InChI=1S/C67H126N34O18/c1-35(2)33-45(100-54(109)41(18-8-30-89-66(80)118)95-50(105)38(15-5-27-86-63(77)115)93-49(104)37(14-4-24-83-60(71)72)92-48(103)36(91-47(102)34-68)13-3-23-82-59(69)70)55(110)96-39(16-6-28-87-64(78)116)52(107)98-43(20-10-25-84-61(73)74)57(112)101-32-12-22-46(101)56(111)97-42(19-9-31-90-67(81)119)51(106)94-40(17-7-29-88-65(79)117)53(108)99-44(58(113)114)21-11-26-85-62(75)76/h35-46H,3-34,68H2,1-2H3,(H,91,102)(H,92,103)(H,93,104)(H,94,106)(H,95,105)(H,96,110)(H,97,111)(H,98,107)(H,99,108)(H,100,109)(H,113,114)(H4,69,70,82)(H4,71,72,83)(H4,73,74,84)(H4,75,76,85)(H3,77,86,115)(H3,78,87,116)(H3,79,88,117)(H3,80,89,118)(H3,81,90,119)/t36-,37-,38-,39-,40-,41-,42-,43-,44-,45-,46-/m0/s1. The zero-order valence-corrected chi connectivity index (χ0v) is 67.2. The van der Waals surface area contributed by atoms with Gasteiger partial charge >= 0.3 is 36.1 Å². The minimum Gasteiger partial charge on any atom is -0.480 e. The van der Waals surface area contributed by atoms with Crippen molar-refractivity contribution >= 4 is 125 Å². The number of carboxylic acid groups (broad SMARTS) is 1. The van der Waals surface area contributed by atoms with E-state index >= 15 is 4.79 Å². The van der Waals surface area contributed by atoms with Gasteiger partial charge in [0.25, 0.3) is 0 Å². The predicted octanol–water partition coefficient (Wildman–Crippen LogP) is -10.8. The topological polar surface area (TPSA) is 898 Å². The van der Waals surface area contributed by atoms with Crippen LogP contribution in [0.3, 0.4) is 0 Å². The number of urea groups is 5. The van der Waals surface area contributed by atoms with Crippen molar-refractivity contribution in [1.82, 2.24) is 106 Å². The Morgan fingerprint density at radius 2 is 0.555 bits per heavy atom. The van der Waals surface area contributed by atoms with E-state index < -0.39 is 192 Å². The highest BCUT2D eigenvalue weighted by Crippen LogP contribution is 2.21. The number of primary amides is 5. The summed E-state index contributed by atoms with van der Waals surface area (Å²) in [6.45, 7) is 2.17. The second-order valence-electron chi connectivity index (χ2n) is 28.1. The molecule has 11 atom stereocenters. The maximum absolute atomic E-state index is 15.1. The van der Waals surface area contributed by atoms with E-state index in [1.165, 1.54) is 0 Å². The first-order valence-electron chi connectivity index (χ1n) is 38.9. The van der Waals surface area contributed by atoms with Crippen LogP contribution >= 0.6 is 0 Å². The fourth-order valence-electron chi connectivity index (χ4n) is 12.0. The van der Waals surface area contributed by atoms with Crippen LogP contribution in [0.25, 0.3) is 0 Å². The number of hydrogen-bond acceptors (Lipinski definition) is 22. The van der Waals surface area contributed by atoms with Gasteiger partial charge in [-0.15, -0.1) is 0 Å². The second-order valence-corrected chi connectivity index (χ2v) is 28.1. The zero-order valence-electron chi connectivity index (χ0n) is 67.2. The van der Waals surface area contributed by atoms with Gasteiger partial charge in [-0.2, -0.15) is 0 Å². The molecule has 44 N–H and O–H groups in total. The molecule has 119 heavy (non-hydrogen) atoms. The zero-order chi connectivity index (χ0) is 89.7. The third-order valence-electron chi connectivity index (χ3n) is 17.8. The molecule has 1 saturated heterocycles. The van der Waals surface area contributed by atoms with E-state index in [-0.39, 0.29) is 212 Å². The van der Waals surface area contributed by atoms with E-state index in [0.717, 1.165) is 4.90 Å². The van der Waals surface area contributed by atoms with Crippen molar-refractivity contribution in [3.8, 4) is 0 Å². The Kier molecular flexibility index (Phi) is 50.7. The molecule has 0 aromatic heterocycles. The number of nitrogens with zero attached hydrogens (tertiary/aromatic N) is 1. The number of rotatable bonds is 60. The summed E-state index contributed by atoms with van der Waals surface area (Å²) in [6, 6.07) is -21.4. The third kappa shape index (κ3) is 47.0. The molecular weight excluding hydrogens is 1570 g/mol. The first kappa shape index (κ1) is 104. The lowest BCUT2D eigenvalue weighted by Crippen LogP contribution is -2.61. The van der Waals surface area contributed by atoms with Gasteiger partial charge in [-0.25, -0.2) is 28.8 Å². The maximum Gasteiger partial charge on any atom is 0.326 e. The fraction of sp³-hybridized carbons (Fsp3) is 0.687. The number of nitrogens with one attached hydrogen (secondary N) is 23. The van der Waals surface area contributed by atoms with Gasteiger partial charge in [0.05, 0.1) is 6.54 Å². The van der Waals surface area contributed by atoms with Crippen molar-refractivity contribution < 1.29 is 86.6 Å². The van der Waals surface area contributed by atoms with Crippen LogP contribution < -0.4 is 158 Å². The van der Waals surface area contributed by atoms with Crippen LogP contribution in [0.4, 0.5) is 24.0 Å². The Labute approximate surface area is 687 Å². The molecule has 52 nitrogen and oxygen atoms in total. The molecule has 0 saturated carbocycles. The van der Waals surface area contributed by atoms with E-state index in [9.17, 15) is 81.8 Å². The normalized spacial score (nSPS) is 14.6. The molecule has 1 rings (SSSR count). The van der Waals surface area contributed by atoms with Gasteiger partial charge in [0.15, 0.2) is 23.8 Å². The van der Waals surface area contributed by atoms with Gasteiger partial charge in [-0.3, -0.25) is 74.4 Å². The van der Waals surface area contributed by atoms with Crippen molar-refractivity contribution in [3.63, 3.8) is 0 Å². The van der Waals surface area contributed by atoms with Gasteiger partial charge in [0, 0.05) is 65.4 Å². The number of aliphatic carboxylic acids is 1. The van der Waals surface area contributed by atoms with Gasteiger partial charge in [0.2, 0.25) is 65.0 Å². The first-order valence-corrected chi connectivity index (χ1v) is 38.9. The first-order chi connectivity index (χ1) is 56.1. The smallest absolute Gasteiger partial charge is 0.326 e. The molecule has 21 amide bonds. The third-order valence-corrected chi connectivity index (χ3v) is 17.8. The van der Waals surface area contributed by atoms with Crippen molar-refractivity contribution in [1.29, 1.82) is 21.6 Å². The molecule has 1 fully saturated rings. The highest BCUT2D eigenvalue weighted by atomic mass is 16.4. The average Bonchev–Trinajstić information content (AvgIpc) is 1.27. The van der Waals surface area contributed by atoms with Crippen LogP contribution in [-0.4, -0.2) is 273 Å². The number of nitrogens with two attached hydrogens (primary N) is 10. The van der Waals surface area contributed by atoms with E-state index in [1.807, 2.05) is 0 Å². The summed E-state index contributed by atoms with van der Waals surface area (Å²) in [6.07, 6.45) is -1.86. The molecule has 672 valence electrons. The molecule has 52 heteroatoms. The number of likely N-dealkylation sites (tertiary alicyclic amines) is 1. The van der Waals surface area contributed by atoms with E-state index in [1.54, 1.807) is 13.8 Å². The van der Waals surface area contributed by atoms with E-state index in [0.29, 0.717) is 0 Å². The summed E-state index contributed by atoms with van der Waals surface area (Å²) in [5.41, 5.74) is 53.8. The number of carbonyl (C=O) groups excluding carboxylic acids is 16. The number of hydrogen-bond donors (Lipinski definition) is 34. The molecule has 1 aliphatic heterocycles. The summed E-state index contributed by atoms with van der Waals surface area (Å²) < 4.78 is 0. The lowest BCUT2D eigenvalue weighted by Gasteiger charge is -2.31. The molecule has 0 aromatic rings. The number of carboxylic acids is 1. The summed E-state index contributed by atoms with van der Waals surface area (Å²) >= 11 is 0. The molecule has 0 aliphatic carbocycles. The lowest BCUT2D eigenvalue weighted by atomic mass is 10.0. The molecule has 1 heterocycles. The van der Waals surface area contributed by atoms with E-state index in [2.05, 4.69) is 101 Å². The summed E-state index contributed by atoms with van der Waals surface area (Å²) in [5, 5.41) is 88.0. The number of guanidine groups is 4. The molecule has 0 unspecified atom stereocenters. The fourth-order valence-corrected chi connectivity index (χ4v) is 12.0. The lowest BCUT2D eigenvalue weighted by molar-refractivity contribution is -0.143. The van der Waals surface area contributed by atoms with Gasteiger partial charge in [-0.05, 0) is 141 Å². The average molecular weight is 1700 g/mol. The second kappa shape index (κ2) is 58.0. The predicted molar refractivity (Wildman–Crippen MR) is 431 cm³/mol. The summed E-state index contributed by atoms with van der Waals surface area (Å²) in [5.74, 6) is -13.9. The van der Waals surface area contributed by atoms with Gasteiger partial charge in [0.1, 0.15) is 66.5 Å². The Balaban J connectivity index is 3.99. The minimum absolute atomic E-state index is 0.00303. The van der Waals surface area contributed by atoms with Crippen LogP contribution in [-0.2, 0) is 57.5 Å². The SMILES string of the molecule is CC(C)C[C@H](NC(=O)[C@H](CCCNC(N)=O)NC(=O)[C@H](CCCNC(N)=O)NC(=O)[C@H](CCCNC(=N)N)NC(=O)[C@H](CCCNC(=N)N)NC(=O)CN)C(=O)N[C@@H](CCCNC(N)=O)C(=O)N[C@@H](CCCNC(=N)N)C(=O)N1CCC[C@H]1C(=O)N[C@@H](CCCNC(N)=O)C(=O)N[C@@H](CCCNC(N)=O)C(=O)N[C@@H](CCCNC(=N)N)C(=O)O. The monoisotopic (exact) mass is 1690 g/mol. The number of amides is 21. The van der Waals surface area contributed by atoms with Crippen molar-refractivity contribution in [2.45, 2.75) is 215 Å². The Hall–Kier alpha value is -13.0. The van der Waals surface area contributed by atoms with Crippen molar-refractivity contribution in [3.05, 3.63) is 0 Å². The summed E-state index contributed by atoms with van der Waals surface area (Å²) in [4.78, 5) is 231. The van der Waals surface area contributed by atoms with Crippen LogP contribution in [0.5, 0.6) is 0 Å². The minimum atomic E-state index is -1.63. The highest BCUT2D eigenvalue weighted by Gasteiger charge is 2.41. The molecular formula is C67H126N34O18. The summed E-state index contributed by atoms with van der Waals surface area (Å²) in [7, 11) is 0. The molecule has 0 aromatic carbocycles.